The highest BCUT2D eigenvalue weighted by Gasteiger charge is 2.37. The van der Waals surface area contributed by atoms with Gasteiger partial charge in [-0.1, -0.05) is 0 Å². The van der Waals surface area contributed by atoms with Gasteiger partial charge in [-0.25, -0.2) is 9.78 Å². The Kier molecular flexibility index (Phi) is 4.61. The van der Waals surface area contributed by atoms with Crippen LogP contribution in [-0.2, 0) is 11.3 Å². The van der Waals surface area contributed by atoms with E-state index in [0.717, 1.165) is 17.0 Å². The second-order valence-corrected chi connectivity index (χ2v) is 6.64. The molecule has 0 atom stereocenters. The normalized spacial score (nSPS) is 13.0. The standard InChI is InChI=1S/C19H15N5O7/c1-3-30-19(27)13-8(2)31-16-14(13)15(20)21-12(22-16)7-23-17(25)10-5-4-9(24(28)29)6-11(10)18(23)26/h4-6H,3,7H2,1-2H3,(H2,20,21,22). The largest absolute Gasteiger partial charge is 0.462 e. The fourth-order valence-corrected chi connectivity index (χ4v) is 3.38. The molecule has 4 rings (SSSR count). The third kappa shape index (κ3) is 3.13. The lowest BCUT2D eigenvalue weighted by Crippen LogP contribution is -2.30. The fourth-order valence-electron chi connectivity index (χ4n) is 3.38. The zero-order valence-electron chi connectivity index (χ0n) is 16.4. The van der Waals surface area contributed by atoms with Gasteiger partial charge < -0.3 is 14.9 Å². The van der Waals surface area contributed by atoms with Gasteiger partial charge in [0.05, 0.1) is 34.6 Å². The highest BCUT2D eigenvalue weighted by atomic mass is 16.6. The van der Waals surface area contributed by atoms with E-state index in [9.17, 15) is 24.5 Å². The molecule has 12 nitrogen and oxygen atoms in total. The molecule has 0 bridgehead atoms. The number of nitro benzene ring substituents is 1. The van der Waals surface area contributed by atoms with Crippen molar-refractivity contribution in [1.29, 1.82) is 0 Å². The number of nitrogens with two attached hydrogens (primary N) is 1. The molecule has 3 heterocycles. The maximum atomic E-state index is 12.7. The molecule has 0 saturated heterocycles. The summed E-state index contributed by atoms with van der Waals surface area (Å²) in [6.07, 6.45) is 0. The Morgan fingerprint density at radius 3 is 2.65 bits per heavy atom. The molecule has 0 fully saturated rings. The Balaban J connectivity index is 1.69. The number of furan rings is 1. The molecule has 31 heavy (non-hydrogen) atoms. The molecule has 158 valence electrons. The molecule has 0 spiro atoms. The summed E-state index contributed by atoms with van der Waals surface area (Å²) in [5.74, 6) is -1.83. The van der Waals surface area contributed by atoms with Crippen LogP contribution in [0.1, 0.15) is 49.6 Å². The average molecular weight is 425 g/mol. The summed E-state index contributed by atoms with van der Waals surface area (Å²) >= 11 is 0. The summed E-state index contributed by atoms with van der Waals surface area (Å²) in [6, 6.07) is 3.43. The number of rotatable bonds is 5. The number of nitrogen functional groups attached to an aromatic ring is 1. The summed E-state index contributed by atoms with van der Waals surface area (Å²) in [5.41, 5.74) is 5.78. The Hall–Kier alpha value is -4.35. The van der Waals surface area contributed by atoms with Crippen molar-refractivity contribution < 1.29 is 28.5 Å². The minimum Gasteiger partial charge on any atom is -0.462 e. The number of hydrogen-bond donors (Lipinski definition) is 1. The van der Waals surface area contributed by atoms with Gasteiger partial charge in [-0.15, -0.1) is 0 Å². The SMILES string of the molecule is CCOC(=O)c1c(C)oc2nc(CN3C(=O)c4ccc([N+](=O)[O-])cc4C3=O)nc(N)c12. The first kappa shape index (κ1) is 19.9. The maximum Gasteiger partial charge on any atom is 0.342 e. The summed E-state index contributed by atoms with van der Waals surface area (Å²) in [5, 5.41) is 11.1. The van der Waals surface area contributed by atoms with E-state index in [2.05, 4.69) is 9.97 Å². The van der Waals surface area contributed by atoms with Gasteiger partial charge in [0.2, 0.25) is 5.71 Å². The Bertz CT molecular complexity index is 1300. The van der Waals surface area contributed by atoms with Gasteiger partial charge in [0, 0.05) is 12.1 Å². The van der Waals surface area contributed by atoms with Crippen LogP contribution in [0.3, 0.4) is 0 Å². The molecule has 12 heteroatoms. The van der Waals surface area contributed by atoms with Gasteiger partial charge >= 0.3 is 5.97 Å². The fraction of sp³-hybridized carbons (Fsp3) is 0.211. The van der Waals surface area contributed by atoms with Crippen molar-refractivity contribution in [3.05, 3.63) is 56.6 Å². The first-order valence-electron chi connectivity index (χ1n) is 9.10. The van der Waals surface area contributed by atoms with Crippen molar-refractivity contribution in [3.63, 3.8) is 0 Å². The first-order valence-corrected chi connectivity index (χ1v) is 9.10. The second kappa shape index (κ2) is 7.16. The quantitative estimate of drug-likeness (QED) is 0.276. The lowest BCUT2D eigenvalue weighted by Gasteiger charge is -2.12. The van der Waals surface area contributed by atoms with Crippen molar-refractivity contribution in [2.75, 3.05) is 12.3 Å². The zero-order valence-corrected chi connectivity index (χ0v) is 16.4. The molecular formula is C19H15N5O7. The van der Waals surface area contributed by atoms with Crippen LogP contribution in [0.15, 0.2) is 22.6 Å². The summed E-state index contributed by atoms with van der Waals surface area (Å²) in [7, 11) is 0. The van der Waals surface area contributed by atoms with Crippen LogP contribution in [0.4, 0.5) is 11.5 Å². The molecule has 0 unspecified atom stereocenters. The van der Waals surface area contributed by atoms with Gasteiger partial charge in [0.1, 0.15) is 17.1 Å². The summed E-state index contributed by atoms with van der Waals surface area (Å²) in [4.78, 5) is 56.9. The van der Waals surface area contributed by atoms with E-state index < -0.39 is 22.7 Å². The summed E-state index contributed by atoms with van der Waals surface area (Å²) in [6.45, 7) is 3.02. The zero-order chi connectivity index (χ0) is 22.4. The first-order chi connectivity index (χ1) is 14.7. The number of ether oxygens (including phenoxy) is 1. The van der Waals surface area contributed by atoms with Gasteiger partial charge in [0.25, 0.3) is 17.5 Å². The number of nitro groups is 1. The van der Waals surface area contributed by atoms with Crippen molar-refractivity contribution in [2.45, 2.75) is 20.4 Å². The lowest BCUT2D eigenvalue weighted by molar-refractivity contribution is -0.384. The van der Waals surface area contributed by atoms with E-state index in [0.29, 0.717) is 0 Å². The number of fused-ring (bicyclic) bond motifs is 2. The number of non-ortho nitro benzene ring substituents is 1. The predicted molar refractivity (Wildman–Crippen MR) is 104 cm³/mol. The number of carbonyl (C=O) groups is 3. The molecule has 1 aliphatic heterocycles. The molecule has 0 aliphatic carbocycles. The van der Waals surface area contributed by atoms with Gasteiger partial charge in [-0.05, 0) is 19.9 Å². The topological polar surface area (TPSA) is 172 Å². The molecule has 0 saturated carbocycles. The highest BCUT2D eigenvalue weighted by molar-refractivity contribution is 6.21. The molecule has 3 aromatic rings. The Morgan fingerprint density at radius 1 is 1.26 bits per heavy atom. The van der Waals surface area contributed by atoms with Crippen molar-refractivity contribution in [1.82, 2.24) is 14.9 Å². The number of hydrogen-bond acceptors (Lipinski definition) is 10. The lowest BCUT2D eigenvalue weighted by atomic mass is 10.1. The third-order valence-corrected chi connectivity index (χ3v) is 4.75. The van der Waals surface area contributed by atoms with Gasteiger partial charge in [-0.2, -0.15) is 4.98 Å². The number of carbonyl (C=O) groups excluding carboxylic acids is 3. The second-order valence-electron chi connectivity index (χ2n) is 6.64. The van der Waals surface area contributed by atoms with Crippen molar-refractivity contribution in [3.8, 4) is 0 Å². The Labute approximate surface area is 173 Å². The number of aromatic nitrogens is 2. The van der Waals surface area contributed by atoms with Crippen molar-refractivity contribution >= 4 is 40.4 Å². The molecular weight excluding hydrogens is 410 g/mol. The van der Waals surface area contributed by atoms with E-state index in [1.807, 2.05) is 0 Å². The van der Waals surface area contributed by atoms with E-state index in [4.69, 9.17) is 14.9 Å². The highest BCUT2D eigenvalue weighted by Crippen LogP contribution is 2.31. The predicted octanol–water partition coefficient (Wildman–Crippen LogP) is 1.99. The molecule has 2 aromatic heterocycles. The van der Waals surface area contributed by atoms with Gasteiger partial charge in [-0.3, -0.25) is 24.6 Å². The van der Waals surface area contributed by atoms with Crippen LogP contribution in [0, 0.1) is 17.0 Å². The third-order valence-electron chi connectivity index (χ3n) is 4.75. The number of anilines is 1. The minimum atomic E-state index is -0.714. The van der Waals surface area contributed by atoms with Crippen molar-refractivity contribution in [2.24, 2.45) is 0 Å². The van der Waals surface area contributed by atoms with E-state index >= 15 is 0 Å². The number of nitrogens with zero attached hydrogens (tertiary/aromatic N) is 4. The van der Waals surface area contributed by atoms with Crippen LogP contribution < -0.4 is 5.73 Å². The number of benzene rings is 1. The smallest absolute Gasteiger partial charge is 0.342 e. The van der Waals surface area contributed by atoms with Crippen LogP contribution >= 0.6 is 0 Å². The molecule has 1 aliphatic rings. The van der Waals surface area contributed by atoms with Gasteiger partial charge in [0.15, 0.2) is 5.82 Å². The minimum absolute atomic E-state index is 0.00170. The molecule has 0 radical (unpaired) electrons. The average Bonchev–Trinajstić information content (AvgIpc) is 3.17. The Morgan fingerprint density at radius 2 is 1.97 bits per heavy atom. The van der Waals surface area contributed by atoms with Crippen LogP contribution in [-0.4, -0.2) is 44.2 Å². The van der Waals surface area contributed by atoms with Crippen LogP contribution in [0.2, 0.25) is 0 Å². The molecule has 1 aromatic carbocycles. The van der Waals surface area contributed by atoms with E-state index in [1.54, 1.807) is 13.8 Å². The number of amides is 2. The number of aryl methyl sites for hydroxylation is 1. The summed E-state index contributed by atoms with van der Waals surface area (Å²) < 4.78 is 10.5. The van der Waals surface area contributed by atoms with Crippen LogP contribution in [0.5, 0.6) is 0 Å². The molecule has 2 amide bonds. The monoisotopic (exact) mass is 425 g/mol. The number of esters is 1. The number of imide groups is 1. The molecule has 2 N–H and O–H groups in total. The van der Waals surface area contributed by atoms with E-state index in [-0.39, 0.29) is 64.0 Å². The van der Waals surface area contributed by atoms with E-state index in [1.165, 1.54) is 6.07 Å². The van der Waals surface area contributed by atoms with Crippen LogP contribution in [0.25, 0.3) is 11.1 Å². The maximum absolute atomic E-state index is 12.7.